The molecule has 0 spiro atoms. The standard InChI is InChI=1S/C24H27ClN2O4S/c1-31-24(30)17-7-3-2-6-16(17)21(28)27-23-20(18-8-4-5-9-19(18)32-23)22(29)26-15-12-10-14(25)11-13-15/h10-13,16-17H,2-9H2,1H3,(H,26,29)(H,27,28). The van der Waals surface area contributed by atoms with Crippen molar-refractivity contribution in [3.8, 4) is 0 Å². The maximum Gasteiger partial charge on any atom is 0.309 e. The van der Waals surface area contributed by atoms with E-state index < -0.39 is 11.8 Å². The average molecular weight is 475 g/mol. The Bertz CT molecular complexity index is 1020. The van der Waals surface area contributed by atoms with Crippen LogP contribution >= 0.6 is 22.9 Å². The molecule has 6 nitrogen and oxygen atoms in total. The van der Waals surface area contributed by atoms with Crippen LogP contribution in [0, 0.1) is 11.8 Å². The molecule has 0 bridgehead atoms. The summed E-state index contributed by atoms with van der Waals surface area (Å²) in [6.45, 7) is 0. The summed E-state index contributed by atoms with van der Waals surface area (Å²) < 4.78 is 4.93. The van der Waals surface area contributed by atoms with Crippen LogP contribution in [0.3, 0.4) is 0 Å². The first-order valence-corrected chi connectivity index (χ1v) is 12.3. The summed E-state index contributed by atoms with van der Waals surface area (Å²) in [4.78, 5) is 39.9. The number of aryl methyl sites for hydroxylation is 1. The van der Waals surface area contributed by atoms with Crippen LogP contribution in [0.25, 0.3) is 0 Å². The summed E-state index contributed by atoms with van der Waals surface area (Å²) >= 11 is 7.43. The van der Waals surface area contributed by atoms with Gasteiger partial charge in [0.15, 0.2) is 0 Å². The predicted molar refractivity (Wildman–Crippen MR) is 126 cm³/mol. The van der Waals surface area contributed by atoms with Gasteiger partial charge in [0.05, 0.1) is 24.5 Å². The molecule has 1 aromatic carbocycles. The summed E-state index contributed by atoms with van der Waals surface area (Å²) in [5.41, 5.74) is 2.21. The zero-order valence-electron chi connectivity index (χ0n) is 18.0. The smallest absolute Gasteiger partial charge is 0.309 e. The Balaban J connectivity index is 1.60. The summed E-state index contributed by atoms with van der Waals surface area (Å²) in [5, 5.41) is 7.11. The largest absolute Gasteiger partial charge is 0.469 e. The number of carbonyl (C=O) groups excluding carboxylic acids is 3. The Kier molecular flexibility index (Phi) is 7.16. The van der Waals surface area contributed by atoms with Crippen LogP contribution in [0.2, 0.25) is 5.02 Å². The van der Waals surface area contributed by atoms with Crippen molar-refractivity contribution >= 4 is 51.4 Å². The fraction of sp³-hybridized carbons (Fsp3) is 0.458. The zero-order chi connectivity index (χ0) is 22.7. The Hall–Kier alpha value is -2.38. The van der Waals surface area contributed by atoms with E-state index in [-0.39, 0.29) is 17.8 Å². The lowest BCUT2D eigenvalue weighted by molar-refractivity contribution is -0.151. The molecule has 0 saturated heterocycles. The third-order valence-electron chi connectivity index (χ3n) is 6.34. The normalized spacial score (nSPS) is 20.2. The molecular formula is C24H27ClN2O4S. The van der Waals surface area contributed by atoms with E-state index in [1.165, 1.54) is 18.4 Å². The molecule has 2 aliphatic carbocycles. The van der Waals surface area contributed by atoms with Gasteiger partial charge in [-0.3, -0.25) is 14.4 Å². The number of ether oxygens (including phenoxy) is 1. The Labute approximate surface area is 196 Å². The van der Waals surface area contributed by atoms with Gasteiger partial charge in [0.2, 0.25) is 5.91 Å². The number of thiophene rings is 1. The van der Waals surface area contributed by atoms with Gasteiger partial charge >= 0.3 is 5.97 Å². The predicted octanol–water partition coefficient (Wildman–Crippen LogP) is 5.45. The first-order chi connectivity index (χ1) is 15.5. The van der Waals surface area contributed by atoms with Gasteiger partial charge in [-0.1, -0.05) is 24.4 Å². The second-order valence-corrected chi connectivity index (χ2v) is 9.93. The number of fused-ring (bicyclic) bond motifs is 1. The summed E-state index contributed by atoms with van der Waals surface area (Å²) in [7, 11) is 1.36. The average Bonchev–Trinajstić information content (AvgIpc) is 3.17. The van der Waals surface area contributed by atoms with Crippen LogP contribution in [0.1, 0.15) is 59.3 Å². The van der Waals surface area contributed by atoms with Crippen molar-refractivity contribution in [1.29, 1.82) is 0 Å². The van der Waals surface area contributed by atoms with Crippen molar-refractivity contribution in [3.05, 3.63) is 45.3 Å². The van der Waals surface area contributed by atoms with E-state index in [1.54, 1.807) is 24.3 Å². The van der Waals surface area contributed by atoms with Gasteiger partial charge in [-0.15, -0.1) is 11.3 Å². The quantitative estimate of drug-likeness (QED) is 0.564. The molecule has 32 heavy (non-hydrogen) atoms. The number of carbonyl (C=O) groups is 3. The molecule has 8 heteroatoms. The maximum atomic E-state index is 13.3. The molecular weight excluding hydrogens is 448 g/mol. The lowest BCUT2D eigenvalue weighted by atomic mass is 9.78. The van der Waals surface area contributed by atoms with Crippen molar-refractivity contribution < 1.29 is 19.1 Å². The van der Waals surface area contributed by atoms with Crippen LogP contribution in [-0.2, 0) is 27.2 Å². The molecule has 2 N–H and O–H groups in total. The topological polar surface area (TPSA) is 84.5 Å². The van der Waals surface area contributed by atoms with Crippen LogP contribution < -0.4 is 10.6 Å². The van der Waals surface area contributed by atoms with Gasteiger partial charge in [0, 0.05) is 15.6 Å². The molecule has 2 aliphatic rings. The number of halogens is 1. The van der Waals surface area contributed by atoms with Gasteiger partial charge in [0.25, 0.3) is 5.91 Å². The summed E-state index contributed by atoms with van der Waals surface area (Å²) in [6, 6.07) is 6.94. The number of methoxy groups -OCH3 is 1. The number of rotatable bonds is 5. The first kappa shape index (κ1) is 22.8. The number of benzene rings is 1. The molecule has 170 valence electrons. The fourth-order valence-electron chi connectivity index (χ4n) is 4.70. The molecule has 2 atom stereocenters. The van der Waals surface area contributed by atoms with Crippen molar-refractivity contribution in [2.75, 3.05) is 17.7 Å². The molecule has 2 unspecified atom stereocenters. The number of anilines is 2. The molecule has 1 aromatic heterocycles. The van der Waals surface area contributed by atoms with Gasteiger partial charge in [0.1, 0.15) is 5.00 Å². The van der Waals surface area contributed by atoms with Crippen LogP contribution in [-0.4, -0.2) is 24.9 Å². The Morgan fingerprint density at radius 2 is 1.66 bits per heavy atom. The van der Waals surface area contributed by atoms with Gasteiger partial charge in [-0.2, -0.15) is 0 Å². The Morgan fingerprint density at radius 3 is 2.38 bits per heavy atom. The third-order valence-corrected chi connectivity index (χ3v) is 7.80. The van der Waals surface area contributed by atoms with Gasteiger partial charge in [-0.05, 0) is 68.4 Å². The molecule has 2 aromatic rings. The summed E-state index contributed by atoms with van der Waals surface area (Å²) in [5.74, 6) is -1.66. The van der Waals surface area contributed by atoms with E-state index >= 15 is 0 Å². The molecule has 1 fully saturated rings. The van der Waals surface area contributed by atoms with Crippen molar-refractivity contribution in [2.45, 2.75) is 51.4 Å². The van der Waals surface area contributed by atoms with Crippen LogP contribution in [0.15, 0.2) is 24.3 Å². The van der Waals surface area contributed by atoms with Crippen LogP contribution in [0.5, 0.6) is 0 Å². The highest BCUT2D eigenvalue weighted by atomic mass is 35.5. The monoisotopic (exact) mass is 474 g/mol. The van der Waals surface area contributed by atoms with E-state index in [9.17, 15) is 14.4 Å². The van der Waals surface area contributed by atoms with Crippen molar-refractivity contribution in [3.63, 3.8) is 0 Å². The lowest BCUT2D eigenvalue weighted by Gasteiger charge is -2.28. The molecule has 4 rings (SSSR count). The van der Waals surface area contributed by atoms with Gasteiger partial charge < -0.3 is 15.4 Å². The van der Waals surface area contributed by atoms with E-state index in [0.717, 1.165) is 49.0 Å². The number of nitrogens with one attached hydrogen (secondary N) is 2. The number of amides is 2. The second-order valence-electron chi connectivity index (χ2n) is 8.39. The number of hydrogen-bond donors (Lipinski definition) is 2. The molecule has 2 amide bonds. The fourth-order valence-corrected chi connectivity index (χ4v) is 6.12. The van der Waals surface area contributed by atoms with E-state index in [4.69, 9.17) is 16.3 Å². The maximum absolute atomic E-state index is 13.3. The highest BCUT2D eigenvalue weighted by Gasteiger charge is 2.37. The molecule has 0 radical (unpaired) electrons. The number of hydrogen-bond acceptors (Lipinski definition) is 5. The Morgan fingerprint density at radius 1 is 0.969 bits per heavy atom. The molecule has 1 heterocycles. The minimum Gasteiger partial charge on any atom is -0.469 e. The van der Waals surface area contributed by atoms with Crippen molar-refractivity contribution in [1.82, 2.24) is 0 Å². The minimum atomic E-state index is -0.442. The lowest BCUT2D eigenvalue weighted by Crippen LogP contribution is -2.36. The zero-order valence-corrected chi connectivity index (χ0v) is 19.6. The van der Waals surface area contributed by atoms with E-state index in [0.29, 0.717) is 34.1 Å². The van der Waals surface area contributed by atoms with E-state index in [2.05, 4.69) is 10.6 Å². The SMILES string of the molecule is COC(=O)C1CCCCC1C(=O)Nc1sc2c(c1C(=O)Nc1ccc(Cl)cc1)CCCC2. The van der Waals surface area contributed by atoms with E-state index in [1.807, 2.05) is 0 Å². The molecule has 1 saturated carbocycles. The number of esters is 1. The second kappa shape index (κ2) is 10.0. The first-order valence-electron chi connectivity index (χ1n) is 11.1. The van der Waals surface area contributed by atoms with Gasteiger partial charge in [-0.25, -0.2) is 0 Å². The molecule has 0 aliphatic heterocycles. The highest BCUT2D eigenvalue weighted by molar-refractivity contribution is 7.17. The van der Waals surface area contributed by atoms with Crippen LogP contribution in [0.4, 0.5) is 10.7 Å². The minimum absolute atomic E-state index is 0.209. The highest BCUT2D eigenvalue weighted by Crippen LogP contribution is 2.40. The van der Waals surface area contributed by atoms with Crippen molar-refractivity contribution in [2.24, 2.45) is 11.8 Å². The third kappa shape index (κ3) is 4.84. The summed E-state index contributed by atoms with van der Waals surface area (Å²) in [6.07, 6.45) is 6.92.